The lowest BCUT2D eigenvalue weighted by molar-refractivity contribution is -0.146. The van der Waals surface area contributed by atoms with Crippen molar-refractivity contribution in [2.45, 2.75) is 39.0 Å². The number of hydrogen-bond donors (Lipinski definition) is 0. The van der Waals surface area contributed by atoms with Crippen molar-refractivity contribution in [2.75, 3.05) is 26.3 Å². The van der Waals surface area contributed by atoms with Crippen molar-refractivity contribution in [1.82, 2.24) is 9.88 Å². The van der Waals surface area contributed by atoms with E-state index in [9.17, 15) is 0 Å². The number of likely N-dealkylation sites (tertiary alicyclic amines) is 1. The van der Waals surface area contributed by atoms with Gasteiger partial charge in [0.15, 0.2) is 0 Å². The molecule has 0 aliphatic carbocycles. The molecule has 2 fully saturated rings. The number of hydrogen-bond acceptors (Lipinski definition) is 6. The van der Waals surface area contributed by atoms with E-state index in [0.29, 0.717) is 12.5 Å². The normalized spacial score (nSPS) is 23.0. The molecule has 1 atom stereocenters. The maximum atomic E-state index is 6.14. The van der Waals surface area contributed by atoms with Crippen LogP contribution in [0.2, 0.25) is 0 Å². The third kappa shape index (κ3) is 3.30. The Hall–Kier alpha value is -0.790. The summed E-state index contributed by atoms with van der Waals surface area (Å²) in [7, 11) is 0. The van der Waals surface area contributed by atoms with Crippen LogP contribution in [-0.4, -0.2) is 41.8 Å². The molecule has 2 aliphatic rings. The van der Waals surface area contributed by atoms with Crippen molar-refractivity contribution >= 4 is 22.7 Å². The summed E-state index contributed by atoms with van der Waals surface area (Å²) in [5.74, 6) is 0.512. The predicted molar refractivity (Wildman–Crippen MR) is 97.6 cm³/mol. The molecule has 0 radical (unpaired) electrons. The second-order valence-corrected chi connectivity index (χ2v) is 9.01. The lowest BCUT2D eigenvalue weighted by Gasteiger charge is -2.50. The molecular weight excluding hydrogens is 340 g/mol. The molecule has 2 aromatic heterocycles. The van der Waals surface area contributed by atoms with Crippen LogP contribution < -0.4 is 0 Å². The average Bonchev–Trinajstić information content (AvgIpc) is 3.22. The Kier molecular flexibility index (Phi) is 4.75. The maximum Gasteiger partial charge on any atom is 0.0985 e. The minimum Gasteiger partial charge on any atom is -0.375 e. The van der Waals surface area contributed by atoms with Gasteiger partial charge in [0.2, 0.25) is 0 Å². The van der Waals surface area contributed by atoms with Gasteiger partial charge < -0.3 is 9.47 Å². The van der Waals surface area contributed by atoms with Gasteiger partial charge in [-0.25, -0.2) is 4.98 Å². The topological polar surface area (TPSA) is 34.6 Å². The minimum absolute atomic E-state index is 0.0309. The Morgan fingerprint density at radius 2 is 2.25 bits per heavy atom. The molecule has 0 N–H and O–H groups in total. The molecule has 4 rings (SSSR count). The van der Waals surface area contributed by atoms with Crippen molar-refractivity contribution < 1.29 is 9.47 Å². The Bertz CT molecular complexity index is 691. The van der Waals surface area contributed by atoms with Crippen LogP contribution in [0.1, 0.15) is 27.6 Å². The molecule has 2 aromatic rings. The first-order valence-corrected chi connectivity index (χ1v) is 10.3. The van der Waals surface area contributed by atoms with Gasteiger partial charge >= 0.3 is 0 Å². The zero-order chi connectivity index (χ0) is 16.6. The summed E-state index contributed by atoms with van der Waals surface area (Å²) in [5.41, 5.74) is 2.49. The van der Waals surface area contributed by atoms with Crippen molar-refractivity contribution in [1.29, 1.82) is 0 Å². The zero-order valence-corrected chi connectivity index (χ0v) is 15.9. The number of thiophene rings is 1. The molecule has 1 unspecified atom stereocenters. The van der Waals surface area contributed by atoms with Gasteiger partial charge in [-0.1, -0.05) is 0 Å². The first-order valence-electron chi connectivity index (χ1n) is 8.53. The van der Waals surface area contributed by atoms with Gasteiger partial charge in [-0.3, -0.25) is 4.90 Å². The number of thiazole rings is 1. The minimum atomic E-state index is 0.0309. The van der Waals surface area contributed by atoms with Gasteiger partial charge in [0.25, 0.3) is 0 Å². The second-order valence-electron chi connectivity index (χ2n) is 6.94. The van der Waals surface area contributed by atoms with E-state index in [2.05, 4.69) is 33.6 Å². The SMILES string of the molecule is Cc1nc(COCC2CCOC23CN(Cc2sccc2C)C3)cs1. The molecule has 6 heteroatoms. The fourth-order valence-electron chi connectivity index (χ4n) is 3.74. The quantitative estimate of drug-likeness (QED) is 0.784. The number of rotatable bonds is 6. The largest absolute Gasteiger partial charge is 0.375 e. The highest BCUT2D eigenvalue weighted by atomic mass is 32.1. The zero-order valence-electron chi connectivity index (χ0n) is 14.3. The third-order valence-electron chi connectivity index (χ3n) is 5.15. The van der Waals surface area contributed by atoms with Crippen LogP contribution >= 0.6 is 22.7 Å². The fourth-order valence-corrected chi connectivity index (χ4v) is 5.29. The summed E-state index contributed by atoms with van der Waals surface area (Å²) >= 11 is 3.54. The summed E-state index contributed by atoms with van der Waals surface area (Å²) in [6.45, 7) is 9.63. The first kappa shape index (κ1) is 16.7. The number of ether oxygens (including phenoxy) is 2. The van der Waals surface area contributed by atoms with Crippen LogP contribution in [0.3, 0.4) is 0 Å². The van der Waals surface area contributed by atoms with E-state index in [1.807, 2.05) is 18.3 Å². The molecule has 1 spiro atoms. The summed E-state index contributed by atoms with van der Waals surface area (Å²) in [6.07, 6.45) is 1.11. The van der Waals surface area contributed by atoms with Gasteiger partial charge in [-0.05, 0) is 37.3 Å². The molecule has 0 saturated carbocycles. The van der Waals surface area contributed by atoms with Gasteiger partial charge in [-0.2, -0.15) is 0 Å². The van der Waals surface area contributed by atoms with Gasteiger partial charge in [-0.15, -0.1) is 22.7 Å². The molecule has 4 heterocycles. The van der Waals surface area contributed by atoms with E-state index in [1.165, 1.54) is 10.4 Å². The second kappa shape index (κ2) is 6.84. The highest BCUT2D eigenvalue weighted by Gasteiger charge is 2.52. The van der Waals surface area contributed by atoms with Gasteiger partial charge in [0.1, 0.15) is 0 Å². The Labute approximate surface area is 151 Å². The molecule has 2 aliphatic heterocycles. The summed E-state index contributed by atoms with van der Waals surface area (Å²) in [4.78, 5) is 8.44. The Morgan fingerprint density at radius 1 is 1.38 bits per heavy atom. The first-order chi connectivity index (χ1) is 11.6. The molecule has 0 bridgehead atoms. The van der Waals surface area contributed by atoms with Crippen molar-refractivity contribution in [3.63, 3.8) is 0 Å². The standard InChI is InChI=1S/C18H24N2O2S2/c1-13-4-6-23-17(13)7-20-11-18(12-20)15(3-5-22-18)8-21-9-16-10-24-14(2)19-16/h4,6,10,15H,3,5,7-9,11-12H2,1-2H3. The highest BCUT2D eigenvalue weighted by molar-refractivity contribution is 7.10. The number of aromatic nitrogens is 1. The van der Waals surface area contributed by atoms with Crippen LogP contribution in [-0.2, 0) is 22.6 Å². The van der Waals surface area contributed by atoms with Gasteiger partial charge in [0, 0.05) is 42.4 Å². The summed E-state index contributed by atoms with van der Waals surface area (Å²) < 4.78 is 12.1. The van der Waals surface area contributed by atoms with Crippen LogP contribution in [0.15, 0.2) is 16.8 Å². The van der Waals surface area contributed by atoms with E-state index in [4.69, 9.17) is 9.47 Å². The van der Waals surface area contributed by atoms with Crippen molar-refractivity contribution in [3.8, 4) is 0 Å². The molecule has 130 valence electrons. The fraction of sp³-hybridized carbons (Fsp3) is 0.611. The smallest absolute Gasteiger partial charge is 0.0985 e. The monoisotopic (exact) mass is 364 g/mol. The summed E-state index contributed by atoms with van der Waals surface area (Å²) in [6, 6.07) is 2.21. The maximum absolute atomic E-state index is 6.14. The Morgan fingerprint density at radius 3 is 2.96 bits per heavy atom. The lowest BCUT2D eigenvalue weighted by atomic mass is 9.81. The molecule has 0 amide bonds. The molecule has 4 nitrogen and oxygen atoms in total. The average molecular weight is 365 g/mol. The van der Waals surface area contributed by atoms with Crippen molar-refractivity contribution in [3.05, 3.63) is 38.0 Å². The highest BCUT2D eigenvalue weighted by Crippen LogP contribution is 2.41. The van der Waals surface area contributed by atoms with Gasteiger partial charge in [0.05, 0.1) is 29.5 Å². The van der Waals surface area contributed by atoms with Crippen LogP contribution in [0, 0.1) is 19.8 Å². The Balaban J connectivity index is 1.27. The summed E-state index contributed by atoms with van der Waals surface area (Å²) in [5, 5.41) is 5.38. The third-order valence-corrected chi connectivity index (χ3v) is 6.98. The molecule has 24 heavy (non-hydrogen) atoms. The number of aryl methyl sites for hydroxylation is 2. The molecular formula is C18H24N2O2S2. The molecule has 2 saturated heterocycles. The van der Waals surface area contributed by atoms with E-state index >= 15 is 0 Å². The van der Waals surface area contributed by atoms with E-state index < -0.39 is 0 Å². The van der Waals surface area contributed by atoms with E-state index in [1.54, 1.807) is 11.3 Å². The lowest BCUT2D eigenvalue weighted by Crippen LogP contribution is -2.64. The van der Waals surface area contributed by atoms with Crippen LogP contribution in [0.4, 0.5) is 0 Å². The predicted octanol–water partition coefficient (Wildman–Crippen LogP) is 3.63. The number of nitrogens with zero attached hydrogens (tertiary/aromatic N) is 2. The van der Waals surface area contributed by atoms with Crippen molar-refractivity contribution in [2.24, 2.45) is 5.92 Å². The van der Waals surface area contributed by atoms with Crippen LogP contribution in [0.25, 0.3) is 0 Å². The molecule has 0 aromatic carbocycles. The van der Waals surface area contributed by atoms with Crippen LogP contribution in [0.5, 0.6) is 0 Å². The van der Waals surface area contributed by atoms with E-state index in [-0.39, 0.29) is 5.60 Å². The van der Waals surface area contributed by atoms with E-state index in [0.717, 1.165) is 50.0 Å².